The van der Waals surface area contributed by atoms with Crippen molar-refractivity contribution in [1.29, 1.82) is 0 Å². The number of para-hydroxylation sites is 1. The molecule has 5 heterocycles. The summed E-state index contributed by atoms with van der Waals surface area (Å²) in [6, 6.07) is 70.0. The molecular formula is C63H36N2OS2. The zero-order valence-electron chi connectivity index (χ0n) is 36.5. The number of thiophene rings is 2. The maximum atomic E-state index is 6.75. The van der Waals surface area contributed by atoms with Crippen LogP contribution < -0.4 is 0 Å². The van der Waals surface area contributed by atoms with Crippen LogP contribution in [0.25, 0.3) is 117 Å². The van der Waals surface area contributed by atoms with Gasteiger partial charge in [-0.1, -0.05) is 146 Å². The largest absolute Gasteiger partial charge is 0.456 e. The Bertz CT molecular complexity index is 4550. The van der Waals surface area contributed by atoms with E-state index in [0.717, 1.165) is 72.2 Å². The van der Waals surface area contributed by atoms with Gasteiger partial charge < -0.3 is 8.98 Å². The quantitative estimate of drug-likeness (QED) is 0.162. The summed E-state index contributed by atoms with van der Waals surface area (Å²) in [4.78, 5) is 5.96. The molecule has 1 unspecified atom stereocenters. The van der Waals surface area contributed by atoms with Crippen LogP contribution in [0, 0.1) is 0 Å². The molecule has 0 spiro atoms. The topological polar surface area (TPSA) is 30.4 Å². The Morgan fingerprint density at radius 1 is 0.471 bits per heavy atom. The lowest BCUT2D eigenvalue weighted by Crippen LogP contribution is -2.08. The van der Waals surface area contributed by atoms with Gasteiger partial charge in [0.1, 0.15) is 17.2 Å². The molecule has 0 saturated heterocycles. The van der Waals surface area contributed by atoms with Gasteiger partial charge in [-0.05, 0) is 81.2 Å². The second kappa shape index (κ2) is 14.3. The molecule has 0 fully saturated rings. The third-order valence-electron chi connectivity index (χ3n) is 14.2. The second-order valence-electron chi connectivity index (χ2n) is 17.9. The minimum atomic E-state index is -0.427. The van der Waals surface area contributed by atoms with Gasteiger partial charge in [0.05, 0.1) is 22.4 Å². The fraction of sp³-hybridized carbons (Fsp3) is 0.0159. The molecule has 316 valence electrons. The third kappa shape index (κ3) is 5.49. The van der Waals surface area contributed by atoms with E-state index < -0.39 is 6.04 Å². The zero-order valence-corrected chi connectivity index (χ0v) is 38.1. The monoisotopic (exact) mass is 900 g/mol. The van der Waals surface area contributed by atoms with Crippen molar-refractivity contribution in [1.82, 2.24) is 4.57 Å². The highest BCUT2D eigenvalue weighted by atomic mass is 32.1. The Labute approximate surface area is 397 Å². The summed E-state index contributed by atoms with van der Waals surface area (Å²) in [5.74, 6) is 0. The van der Waals surface area contributed by atoms with E-state index in [1.54, 1.807) is 0 Å². The van der Waals surface area contributed by atoms with Crippen LogP contribution in [-0.2, 0) is 0 Å². The van der Waals surface area contributed by atoms with Gasteiger partial charge >= 0.3 is 0 Å². The van der Waals surface area contributed by atoms with E-state index in [2.05, 4.69) is 204 Å². The number of benzene rings is 10. The van der Waals surface area contributed by atoms with Crippen molar-refractivity contribution < 1.29 is 4.42 Å². The summed E-state index contributed by atoms with van der Waals surface area (Å²) in [7, 11) is 0. The van der Waals surface area contributed by atoms with Crippen molar-refractivity contribution in [3.05, 3.63) is 235 Å². The van der Waals surface area contributed by atoms with Crippen molar-refractivity contribution in [2.75, 3.05) is 0 Å². The minimum Gasteiger partial charge on any atom is -0.456 e. The fourth-order valence-electron chi connectivity index (χ4n) is 11.0. The molecule has 0 radical (unpaired) electrons. The molecule has 5 heteroatoms. The number of hydrogen-bond acceptors (Lipinski definition) is 4. The van der Waals surface area contributed by atoms with E-state index in [0.29, 0.717) is 0 Å². The van der Waals surface area contributed by atoms with Crippen LogP contribution in [-0.4, -0.2) is 10.3 Å². The van der Waals surface area contributed by atoms with E-state index in [-0.39, 0.29) is 0 Å². The minimum absolute atomic E-state index is 0.427. The standard InChI is InChI=1S/C63H36N2OS2/c1-36-41(45-21-12-22-46-43-19-7-10-26-59(43)67-62(45)46)28-29-53(64-61(36)48-24-13-23-47-44-20-8-11-27-60(44)68-63(47)48)52-34-51-42-18-6-9-25-57(42)66-58(51)35-56(52)65-54-32-39-16-4-2-14-37(39)30-49(54)50-31-38-15-3-5-17-40(38)33-55(50)65/h2-27,29-35,61H,1H2. The Kier molecular flexibility index (Phi) is 7.99. The van der Waals surface area contributed by atoms with Crippen molar-refractivity contribution in [2.24, 2.45) is 4.99 Å². The number of aliphatic imine (C=N–C) groups is 1. The van der Waals surface area contributed by atoms with Gasteiger partial charge in [-0.3, -0.25) is 4.99 Å². The average Bonchev–Trinajstić information content (AvgIpc) is 4.12. The first kappa shape index (κ1) is 37.9. The highest BCUT2D eigenvalue weighted by Crippen LogP contribution is 2.48. The number of furan rings is 1. The predicted molar refractivity (Wildman–Crippen MR) is 292 cm³/mol. The first-order chi connectivity index (χ1) is 33.6. The maximum Gasteiger partial charge on any atom is 0.137 e. The molecule has 0 bridgehead atoms. The molecule has 3 nitrogen and oxygen atoms in total. The van der Waals surface area contributed by atoms with Crippen LogP contribution in [0.2, 0.25) is 0 Å². The van der Waals surface area contributed by atoms with E-state index in [1.807, 2.05) is 28.7 Å². The van der Waals surface area contributed by atoms with Gasteiger partial charge in [-0.15, -0.1) is 28.4 Å². The highest BCUT2D eigenvalue weighted by Gasteiger charge is 2.28. The van der Waals surface area contributed by atoms with Crippen molar-refractivity contribution in [2.45, 2.75) is 6.04 Å². The molecule has 1 aliphatic heterocycles. The summed E-state index contributed by atoms with van der Waals surface area (Å²) < 4.78 is 14.2. The van der Waals surface area contributed by atoms with Crippen LogP contribution in [0.5, 0.6) is 0 Å². The molecule has 0 aliphatic carbocycles. The first-order valence-corrected chi connectivity index (χ1v) is 24.6. The molecule has 1 atom stereocenters. The van der Waals surface area contributed by atoms with E-state index in [9.17, 15) is 0 Å². The summed E-state index contributed by atoms with van der Waals surface area (Å²) in [6.07, 6.45) is 2.13. The normalized spacial score (nSPS) is 14.5. The zero-order chi connectivity index (χ0) is 44.6. The Morgan fingerprint density at radius 3 is 1.72 bits per heavy atom. The summed E-state index contributed by atoms with van der Waals surface area (Å²) in [5.41, 5.74) is 14.8. The summed E-state index contributed by atoms with van der Waals surface area (Å²) in [6.45, 7) is 5.00. The first-order valence-electron chi connectivity index (χ1n) is 23.0. The van der Waals surface area contributed by atoms with Gasteiger partial charge in [0, 0.05) is 90.7 Å². The van der Waals surface area contributed by atoms with E-state index >= 15 is 0 Å². The molecule has 0 amide bonds. The number of rotatable bonds is 4. The average molecular weight is 901 g/mol. The number of fused-ring (bicyclic) bond motifs is 14. The Balaban J connectivity index is 1.07. The van der Waals surface area contributed by atoms with Crippen LogP contribution in [0.1, 0.15) is 22.7 Å². The summed E-state index contributed by atoms with van der Waals surface area (Å²) >= 11 is 3.67. The van der Waals surface area contributed by atoms with Gasteiger partial charge in [0.25, 0.3) is 0 Å². The van der Waals surface area contributed by atoms with Gasteiger partial charge in [-0.2, -0.15) is 0 Å². The molecule has 68 heavy (non-hydrogen) atoms. The van der Waals surface area contributed by atoms with Gasteiger partial charge in [0.15, 0.2) is 0 Å². The maximum absolute atomic E-state index is 6.75. The van der Waals surface area contributed by atoms with Crippen molar-refractivity contribution in [3.8, 4) is 5.69 Å². The van der Waals surface area contributed by atoms with Crippen molar-refractivity contribution >= 4 is 140 Å². The lowest BCUT2D eigenvalue weighted by molar-refractivity contribution is 0.668. The molecule has 10 aromatic carbocycles. The second-order valence-corrected chi connectivity index (χ2v) is 20.0. The highest BCUT2D eigenvalue weighted by molar-refractivity contribution is 7.26. The summed E-state index contributed by atoms with van der Waals surface area (Å²) in [5, 5.41) is 14.3. The molecule has 0 N–H and O–H groups in total. The van der Waals surface area contributed by atoms with E-state index in [1.165, 1.54) is 72.7 Å². The molecular weight excluding hydrogens is 865 g/mol. The lowest BCUT2D eigenvalue weighted by atomic mass is 9.90. The SMILES string of the molecule is C=C1C(c2cccc3c2sc2ccccc23)=C=CC(c2cc3c(cc2-n2c4cc5ccccc5cc4c4cc5ccccc5cc42)oc2ccccc23)=NC1c1cccc2c1sc1ccccc12. The molecule has 1 aliphatic rings. The Morgan fingerprint density at radius 2 is 1.03 bits per heavy atom. The number of nitrogens with zero attached hydrogens (tertiary/aromatic N) is 2. The fourth-order valence-corrected chi connectivity index (χ4v) is 13.5. The molecule has 14 aromatic rings. The molecule has 15 rings (SSSR count). The Hall–Kier alpha value is -8.31. The molecule has 4 aromatic heterocycles. The van der Waals surface area contributed by atoms with Crippen LogP contribution >= 0.6 is 22.7 Å². The predicted octanol–water partition coefficient (Wildman–Crippen LogP) is 18.1. The third-order valence-corrected chi connectivity index (χ3v) is 16.6. The number of aromatic nitrogens is 1. The van der Waals surface area contributed by atoms with Gasteiger partial charge in [0.2, 0.25) is 0 Å². The number of hydrogen-bond donors (Lipinski definition) is 0. The smallest absolute Gasteiger partial charge is 0.137 e. The molecule has 0 saturated carbocycles. The van der Waals surface area contributed by atoms with Crippen LogP contribution in [0.4, 0.5) is 0 Å². The van der Waals surface area contributed by atoms with Gasteiger partial charge in [-0.25, -0.2) is 0 Å². The van der Waals surface area contributed by atoms with Crippen LogP contribution in [0.3, 0.4) is 0 Å². The van der Waals surface area contributed by atoms with Crippen molar-refractivity contribution in [3.63, 3.8) is 0 Å². The van der Waals surface area contributed by atoms with E-state index in [4.69, 9.17) is 16.0 Å². The lowest BCUT2D eigenvalue weighted by Gasteiger charge is -2.20. The van der Waals surface area contributed by atoms with Crippen LogP contribution in [0.15, 0.2) is 227 Å².